The number of nitrogens with zero attached hydrogens (tertiary/aromatic N) is 3. The average Bonchev–Trinajstić information content (AvgIpc) is 2.47. The minimum atomic E-state index is -0.664. The molecule has 0 amide bonds. The van der Waals surface area contributed by atoms with Crippen molar-refractivity contribution in [3.05, 3.63) is 0 Å². The number of anilines is 2. The van der Waals surface area contributed by atoms with E-state index >= 15 is 0 Å². The minimum absolute atomic E-state index is 0.263. The fraction of sp³-hybridized carbons (Fsp3) is 0.750. The van der Waals surface area contributed by atoms with Gasteiger partial charge in [0, 0.05) is 35.4 Å². The van der Waals surface area contributed by atoms with Crippen LogP contribution in [0.3, 0.4) is 0 Å². The Kier molecular flexibility index (Phi) is 5.51. The second kappa shape index (κ2) is 7.37. The van der Waals surface area contributed by atoms with Crippen LogP contribution in [0.2, 0.25) is 0 Å². The molecule has 0 spiro atoms. The predicted octanol–water partition coefficient (Wildman–Crippen LogP) is 1.03. The molecule has 112 valence electrons. The molecule has 7 nitrogen and oxygen atoms in total. The zero-order valence-electron chi connectivity index (χ0n) is 11.9. The Labute approximate surface area is 121 Å². The van der Waals surface area contributed by atoms with Crippen molar-refractivity contribution in [3.8, 4) is 6.01 Å². The maximum Gasteiger partial charge on any atom is 0.323 e. The number of rotatable bonds is 6. The molecule has 0 aromatic carbocycles. The molecule has 1 aromatic rings. The summed E-state index contributed by atoms with van der Waals surface area (Å²) in [5.41, 5.74) is 0. The van der Waals surface area contributed by atoms with Crippen molar-refractivity contribution in [2.45, 2.75) is 32.2 Å². The summed E-state index contributed by atoms with van der Waals surface area (Å²) in [6.45, 7) is 2.61. The van der Waals surface area contributed by atoms with Gasteiger partial charge in [-0.15, -0.1) is 0 Å². The lowest BCUT2D eigenvalue weighted by Crippen LogP contribution is -2.30. The first-order valence-electron chi connectivity index (χ1n) is 6.89. The molecule has 2 rings (SSSR count). The molecule has 0 aliphatic carbocycles. The lowest BCUT2D eigenvalue weighted by molar-refractivity contribution is 0.292. The van der Waals surface area contributed by atoms with Gasteiger partial charge in [0.1, 0.15) is 0 Å². The Balaban J connectivity index is 2.03. The highest BCUT2D eigenvalue weighted by Crippen LogP contribution is 2.16. The highest BCUT2D eigenvalue weighted by Gasteiger charge is 2.19. The monoisotopic (exact) mass is 299 g/mol. The summed E-state index contributed by atoms with van der Waals surface area (Å²) in [6, 6.07) is 0.590. The van der Waals surface area contributed by atoms with Crippen LogP contribution in [0.25, 0.3) is 0 Å². The maximum absolute atomic E-state index is 11.3. The molecule has 1 fully saturated rings. The summed E-state index contributed by atoms with van der Waals surface area (Å²) in [6.07, 6.45) is 2.65. The van der Waals surface area contributed by atoms with Crippen molar-refractivity contribution >= 4 is 22.7 Å². The third-order valence-corrected chi connectivity index (χ3v) is 4.38. The maximum atomic E-state index is 11.3. The summed E-state index contributed by atoms with van der Waals surface area (Å²) < 4.78 is 16.8. The summed E-state index contributed by atoms with van der Waals surface area (Å²) in [5.74, 6) is 2.46. The van der Waals surface area contributed by atoms with Gasteiger partial charge in [0.05, 0.1) is 6.61 Å². The van der Waals surface area contributed by atoms with Crippen molar-refractivity contribution in [2.24, 2.45) is 0 Å². The van der Waals surface area contributed by atoms with Gasteiger partial charge in [0.25, 0.3) is 0 Å². The van der Waals surface area contributed by atoms with Crippen LogP contribution in [0, 0.1) is 0 Å². The van der Waals surface area contributed by atoms with Gasteiger partial charge in [-0.3, -0.25) is 4.21 Å². The van der Waals surface area contributed by atoms with Crippen molar-refractivity contribution in [1.82, 2.24) is 15.0 Å². The van der Waals surface area contributed by atoms with Crippen LogP contribution < -0.4 is 15.4 Å². The van der Waals surface area contributed by atoms with Crippen molar-refractivity contribution in [2.75, 3.05) is 35.8 Å². The number of hydrogen-bond donors (Lipinski definition) is 2. The van der Waals surface area contributed by atoms with Crippen molar-refractivity contribution in [1.29, 1.82) is 0 Å². The van der Waals surface area contributed by atoms with Crippen LogP contribution in [0.5, 0.6) is 6.01 Å². The molecule has 0 bridgehead atoms. The molecular weight excluding hydrogens is 278 g/mol. The number of nitrogens with one attached hydrogen (secondary N) is 2. The molecule has 0 atom stereocenters. The summed E-state index contributed by atoms with van der Waals surface area (Å²) in [4.78, 5) is 12.7. The van der Waals surface area contributed by atoms with E-state index in [1.165, 1.54) is 0 Å². The molecule has 0 radical (unpaired) electrons. The van der Waals surface area contributed by atoms with Crippen molar-refractivity contribution < 1.29 is 8.95 Å². The van der Waals surface area contributed by atoms with E-state index in [-0.39, 0.29) is 6.04 Å². The van der Waals surface area contributed by atoms with E-state index in [0.717, 1.165) is 30.8 Å². The Morgan fingerprint density at radius 2 is 1.95 bits per heavy atom. The highest BCUT2D eigenvalue weighted by atomic mass is 32.2. The Morgan fingerprint density at radius 3 is 2.60 bits per heavy atom. The molecule has 0 unspecified atom stereocenters. The molecule has 1 aliphatic rings. The lowest BCUT2D eigenvalue weighted by atomic mass is 10.2. The Morgan fingerprint density at radius 1 is 1.25 bits per heavy atom. The van der Waals surface area contributed by atoms with E-state index in [1.807, 2.05) is 6.92 Å². The fourth-order valence-electron chi connectivity index (χ4n) is 1.91. The van der Waals surface area contributed by atoms with Crippen LogP contribution in [0.4, 0.5) is 11.9 Å². The van der Waals surface area contributed by atoms with Crippen LogP contribution in [-0.2, 0) is 10.8 Å². The van der Waals surface area contributed by atoms with E-state index in [2.05, 4.69) is 25.6 Å². The molecule has 1 saturated heterocycles. The molecule has 0 saturated carbocycles. The van der Waals surface area contributed by atoms with Gasteiger partial charge in [-0.2, -0.15) is 15.0 Å². The molecule has 8 heteroatoms. The molecule has 1 aliphatic heterocycles. The van der Waals surface area contributed by atoms with E-state index in [1.54, 1.807) is 7.05 Å². The lowest BCUT2D eigenvalue weighted by Gasteiger charge is -2.22. The van der Waals surface area contributed by atoms with E-state index in [9.17, 15) is 4.21 Å². The van der Waals surface area contributed by atoms with Crippen molar-refractivity contribution in [3.63, 3.8) is 0 Å². The van der Waals surface area contributed by atoms with Gasteiger partial charge >= 0.3 is 6.01 Å². The van der Waals surface area contributed by atoms with Crippen LogP contribution in [0.15, 0.2) is 0 Å². The fourth-order valence-corrected chi connectivity index (χ4v) is 3.21. The Bertz CT molecular complexity index is 461. The highest BCUT2D eigenvalue weighted by molar-refractivity contribution is 7.85. The first kappa shape index (κ1) is 15.0. The van der Waals surface area contributed by atoms with E-state index in [4.69, 9.17) is 4.74 Å². The van der Waals surface area contributed by atoms with Gasteiger partial charge < -0.3 is 15.4 Å². The number of ether oxygens (including phenoxy) is 1. The third kappa shape index (κ3) is 4.29. The van der Waals surface area contributed by atoms with Gasteiger partial charge in [0.15, 0.2) is 0 Å². The first-order chi connectivity index (χ1) is 9.71. The van der Waals surface area contributed by atoms with Gasteiger partial charge in [0.2, 0.25) is 11.9 Å². The van der Waals surface area contributed by atoms with Gasteiger partial charge in [-0.1, -0.05) is 6.92 Å². The smallest absolute Gasteiger partial charge is 0.323 e. The summed E-state index contributed by atoms with van der Waals surface area (Å²) >= 11 is 0. The predicted molar refractivity (Wildman–Crippen MR) is 79.7 cm³/mol. The molecule has 20 heavy (non-hydrogen) atoms. The van der Waals surface area contributed by atoms with Crippen LogP contribution in [-0.4, -0.2) is 50.4 Å². The summed E-state index contributed by atoms with van der Waals surface area (Å²) in [7, 11) is 1.09. The quantitative estimate of drug-likeness (QED) is 0.810. The Hall–Kier alpha value is -1.44. The second-order valence-electron chi connectivity index (χ2n) is 4.63. The molecule has 2 heterocycles. The summed E-state index contributed by atoms with van der Waals surface area (Å²) in [5, 5.41) is 6.17. The second-order valence-corrected chi connectivity index (χ2v) is 6.33. The first-order valence-corrected chi connectivity index (χ1v) is 8.38. The standard InChI is InChI=1S/C12H21N5O2S/c1-3-6-19-12-16-10(13-2)15-11(17-12)14-9-4-7-20(18)8-5-9/h9H,3-8H2,1-2H3,(H2,13,14,15,16,17). The van der Waals surface area contributed by atoms with Gasteiger partial charge in [-0.05, 0) is 19.3 Å². The normalized spacial score (nSPS) is 22.3. The zero-order chi connectivity index (χ0) is 14.4. The van der Waals surface area contributed by atoms with E-state index < -0.39 is 10.8 Å². The van der Waals surface area contributed by atoms with Crippen LogP contribution in [0.1, 0.15) is 26.2 Å². The largest absolute Gasteiger partial charge is 0.463 e. The minimum Gasteiger partial charge on any atom is -0.463 e. The van der Waals surface area contributed by atoms with E-state index in [0.29, 0.717) is 24.5 Å². The molecular formula is C12H21N5O2S. The topological polar surface area (TPSA) is 89.0 Å². The third-order valence-electron chi connectivity index (χ3n) is 2.99. The van der Waals surface area contributed by atoms with Gasteiger partial charge in [-0.25, -0.2) is 0 Å². The molecule has 2 N–H and O–H groups in total. The SMILES string of the molecule is CCCOc1nc(NC)nc(NC2CCS(=O)CC2)n1. The zero-order valence-corrected chi connectivity index (χ0v) is 12.7. The average molecular weight is 299 g/mol. The molecule has 1 aromatic heterocycles. The number of hydrogen-bond acceptors (Lipinski definition) is 7. The number of aromatic nitrogens is 3. The van der Waals surface area contributed by atoms with Crippen LogP contribution >= 0.6 is 0 Å².